The molecule has 0 unspecified atom stereocenters. The Balaban J connectivity index is 1.57. The molecule has 2 aromatic heterocycles. The SMILES string of the molecule is COc1ccncc1-c1cccc(-c2nc3cc(C)c(CC(=O)O)c(-c4cc(F)c5c(c4C)CCCO5)c3s2)c1. The number of hydrogen-bond donors (Lipinski definition) is 1. The zero-order valence-corrected chi connectivity index (χ0v) is 23.2. The van der Waals surface area contributed by atoms with Gasteiger partial charge in [-0.3, -0.25) is 9.78 Å². The summed E-state index contributed by atoms with van der Waals surface area (Å²) in [7, 11) is 1.63. The molecule has 6 nitrogen and oxygen atoms in total. The lowest BCUT2D eigenvalue weighted by Gasteiger charge is -2.23. The molecule has 3 aromatic carbocycles. The van der Waals surface area contributed by atoms with Crippen LogP contribution in [0.1, 0.15) is 28.7 Å². The van der Waals surface area contributed by atoms with Gasteiger partial charge in [0.2, 0.25) is 0 Å². The van der Waals surface area contributed by atoms with Crippen molar-refractivity contribution in [2.24, 2.45) is 0 Å². The average Bonchev–Trinajstić information content (AvgIpc) is 3.39. The van der Waals surface area contributed by atoms with Crippen molar-refractivity contribution >= 4 is 27.5 Å². The summed E-state index contributed by atoms with van der Waals surface area (Å²) < 4.78 is 27.4. The standard InChI is InChI=1S/C32H27FN2O4S/c1-17-12-26-31(40-32(35-26)20-7-4-6-19(13-20)24-16-34-10-9-27(24)38-3)29(22(17)15-28(36)37)23-14-25(33)30-21(18(23)2)8-5-11-39-30/h4,6-7,9-10,12-14,16H,5,8,11,15H2,1-3H3,(H,36,37). The van der Waals surface area contributed by atoms with Gasteiger partial charge in [0, 0.05) is 34.6 Å². The van der Waals surface area contributed by atoms with Crippen molar-refractivity contribution in [1.82, 2.24) is 9.97 Å². The molecule has 0 atom stereocenters. The topological polar surface area (TPSA) is 81.5 Å². The van der Waals surface area contributed by atoms with E-state index in [2.05, 4.69) is 4.98 Å². The van der Waals surface area contributed by atoms with E-state index >= 15 is 4.39 Å². The van der Waals surface area contributed by atoms with E-state index < -0.39 is 11.8 Å². The average molecular weight is 555 g/mol. The van der Waals surface area contributed by atoms with Crippen LogP contribution in [0.2, 0.25) is 0 Å². The number of aromatic nitrogens is 2. The molecule has 1 aliphatic heterocycles. The van der Waals surface area contributed by atoms with E-state index in [4.69, 9.17) is 14.5 Å². The fourth-order valence-electron chi connectivity index (χ4n) is 5.54. The van der Waals surface area contributed by atoms with Gasteiger partial charge in [-0.15, -0.1) is 11.3 Å². The van der Waals surface area contributed by atoms with Crippen LogP contribution in [0, 0.1) is 19.7 Å². The molecule has 0 bridgehead atoms. The van der Waals surface area contributed by atoms with Crippen LogP contribution in [0.3, 0.4) is 0 Å². The summed E-state index contributed by atoms with van der Waals surface area (Å²) in [5.74, 6) is -0.328. The number of carbonyl (C=O) groups is 1. The molecule has 40 heavy (non-hydrogen) atoms. The molecular weight excluding hydrogens is 527 g/mol. The molecule has 0 saturated heterocycles. The van der Waals surface area contributed by atoms with E-state index in [-0.39, 0.29) is 6.42 Å². The monoisotopic (exact) mass is 554 g/mol. The van der Waals surface area contributed by atoms with Gasteiger partial charge in [-0.25, -0.2) is 9.37 Å². The van der Waals surface area contributed by atoms with Gasteiger partial charge in [-0.05, 0) is 78.8 Å². The fraction of sp³-hybridized carbons (Fsp3) is 0.219. The first-order valence-electron chi connectivity index (χ1n) is 13.0. The quantitative estimate of drug-likeness (QED) is 0.235. The second-order valence-electron chi connectivity index (χ2n) is 9.93. The number of thiazole rings is 1. The Morgan fingerprint density at radius 3 is 2.77 bits per heavy atom. The molecule has 0 spiro atoms. The third-order valence-corrected chi connectivity index (χ3v) is 8.60. The van der Waals surface area contributed by atoms with Gasteiger partial charge in [-0.2, -0.15) is 0 Å². The Bertz CT molecular complexity index is 1800. The van der Waals surface area contributed by atoms with Crippen LogP contribution in [0.5, 0.6) is 11.5 Å². The molecular formula is C32H27FN2O4S. The minimum atomic E-state index is -0.939. The van der Waals surface area contributed by atoms with Crippen molar-refractivity contribution in [3.05, 3.63) is 82.9 Å². The number of benzene rings is 3. The van der Waals surface area contributed by atoms with E-state index in [1.165, 1.54) is 17.4 Å². The van der Waals surface area contributed by atoms with Gasteiger partial charge in [0.05, 0.1) is 30.4 Å². The van der Waals surface area contributed by atoms with E-state index in [1.54, 1.807) is 19.5 Å². The third kappa shape index (κ3) is 4.48. The van der Waals surface area contributed by atoms with Crippen LogP contribution in [0.4, 0.5) is 4.39 Å². The van der Waals surface area contributed by atoms with E-state index in [9.17, 15) is 9.90 Å². The van der Waals surface area contributed by atoms with Crippen LogP contribution in [0.25, 0.3) is 43.0 Å². The Labute approximate surface area is 235 Å². The smallest absolute Gasteiger partial charge is 0.307 e. The van der Waals surface area contributed by atoms with Crippen molar-refractivity contribution in [2.75, 3.05) is 13.7 Å². The lowest BCUT2D eigenvalue weighted by atomic mass is 9.87. The predicted molar refractivity (Wildman–Crippen MR) is 155 cm³/mol. The van der Waals surface area contributed by atoms with Gasteiger partial charge in [0.1, 0.15) is 10.8 Å². The molecule has 0 radical (unpaired) electrons. The zero-order valence-electron chi connectivity index (χ0n) is 22.4. The molecule has 1 aliphatic rings. The molecule has 8 heteroatoms. The number of methoxy groups -OCH3 is 1. The maximum atomic E-state index is 15.4. The first kappa shape index (κ1) is 26.0. The molecule has 3 heterocycles. The summed E-state index contributed by atoms with van der Waals surface area (Å²) in [4.78, 5) is 21.2. The third-order valence-electron chi connectivity index (χ3n) is 7.47. The van der Waals surface area contributed by atoms with E-state index in [1.807, 2.05) is 50.2 Å². The molecule has 1 N–H and O–H groups in total. The Morgan fingerprint density at radius 2 is 1.98 bits per heavy atom. The molecule has 0 saturated carbocycles. The number of hydrogen-bond acceptors (Lipinski definition) is 6. The molecule has 6 rings (SSSR count). The van der Waals surface area contributed by atoms with Gasteiger partial charge >= 0.3 is 5.97 Å². The van der Waals surface area contributed by atoms with Crippen molar-refractivity contribution in [3.63, 3.8) is 0 Å². The minimum Gasteiger partial charge on any atom is -0.496 e. The fourth-order valence-corrected chi connectivity index (χ4v) is 6.66. The molecule has 0 amide bonds. The zero-order chi connectivity index (χ0) is 28.0. The summed E-state index contributed by atoms with van der Waals surface area (Å²) in [5.41, 5.74) is 8.14. The van der Waals surface area contributed by atoms with E-state index in [0.717, 1.165) is 66.3 Å². The number of nitrogens with zero attached hydrogens (tertiary/aromatic N) is 2. The first-order valence-corrected chi connectivity index (χ1v) is 13.9. The number of carboxylic acid groups (broad SMARTS) is 1. The number of aryl methyl sites for hydroxylation is 1. The van der Waals surface area contributed by atoms with Gasteiger partial charge < -0.3 is 14.6 Å². The highest BCUT2D eigenvalue weighted by Crippen LogP contribution is 2.45. The lowest BCUT2D eigenvalue weighted by Crippen LogP contribution is -2.13. The Kier molecular flexibility index (Phi) is 6.72. The first-order chi connectivity index (χ1) is 19.4. The number of ether oxygens (including phenoxy) is 2. The van der Waals surface area contributed by atoms with Crippen molar-refractivity contribution in [1.29, 1.82) is 0 Å². The Hall–Kier alpha value is -4.30. The molecule has 0 aliphatic carbocycles. The van der Waals surface area contributed by atoms with Crippen LogP contribution in [0.15, 0.2) is 54.9 Å². The predicted octanol–water partition coefficient (Wildman–Crippen LogP) is 7.41. The van der Waals surface area contributed by atoms with Gasteiger partial charge in [0.15, 0.2) is 11.6 Å². The number of pyridine rings is 1. The largest absolute Gasteiger partial charge is 0.496 e. The summed E-state index contributed by atoms with van der Waals surface area (Å²) >= 11 is 1.48. The maximum absolute atomic E-state index is 15.4. The number of fused-ring (bicyclic) bond motifs is 2. The van der Waals surface area contributed by atoms with Crippen LogP contribution < -0.4 is 9.47 Å². The maximum Gasteiger partial charge on any atom is 0.307 e. The van der Waals surface area contributed by atoms with Crippen molar-refractivity contribution < 1.29 is 23.8 Å². The highest BCUT2D eigenvalue weighted by Gasteiger charge is 2.26. The number of halogens is 1. The molecule has 0 fully saturated rings. The summed E-state index contributed by atoms with van der Waals surface area (Å²) in [6, 6.07) is 13.3. The van der Waals surface area contributed by atoms with Crippen molar-refractivity contribution in [3.8, 4) is 44.3 Å². The van der Waals surface area contributed by atoms with E-state index in [0.29, 0.717) is 29.9 Å². The van der Waals surface area contributed by atoms with Gasteiger partial charge in [-0.1, -0.05) is 18.2 Å². The summed E-state index contributed by atoms with van der Waals surface area (Å²) in [5, 5.41) is 10.6. The highest BCUT2D eigenvalue weighted by molar-refractivity contribution is 7.22. The molecule has 5 aromatic rings. The summed E-state index contributed by atoms with van der Waals surface area (Å²) in [6.07, 6.45) is 4.82. The minimum absolute atomic E-state index is 0.171. The molecule has 202 valence electrons. The number of rotatable bonds is 6. The lowest BCUT2D eigenvalue weighted by molar-refractivity contribution is -0.136. The number of carboxylic acids is 1. The second kappa shape index (κ2) is 10.4. The normalized spacial score (nSPS) is 12.7. The number of aliphatic carboxylic acids is 1. The van der Waals surface area contributed by atoms with Crippen LogP contribution >= 0.6 is 11.3 Å². The van der Waals surface area contributed by atoms with Crippen molar-refractivity contribution in [2.45, 2.75) is 33.1 Å². The van der Waals surface area contributed by atoms with Gasteiger partial charge in [0.25, 0.3) is 0 Å². The van der Waals surface area contributed by atoms with Crippen LogP contribution in [-0.4, -0.2) is 34.8 Å². The highest BCUT2D eigenvalue weighted by atomic mass is 32.1. The summed E-state index contributed by atoms with van der Waals surface area (Å²) in [6.45, 7) is 4.35. The Morgan fingerprint density at radius 1 is 1.15 bits per heavy atom. The second-order valence-corrected chi connectivity index (χ2v) is 10.9. The van der Waals surface area contributed by atoms with Crippen LogP contribution in [-0.2, 0) is 17.6 Å².